The minimum absolute atomic E-state index is 0.0116. The number of thioether (sulfide) groups is 1. The fraction of sp³-hybridized carbons (Fsp3) is 0.450. The number of ether oxygens (including phenoxy) is 1. The lowest BCUT2D eigenvalue weighted by molar-refractivity contribution is -0.139. The molecule has 1 atom stereocenters. The van der Waals surface area contributed by atoms with Crippen molar-refractivity contribution in [3.63, 3.8) is 0 Å². The van der Waals surface area contributed by atoms with Gasteiger partial charge >= 0.3 is 0 Å². The molecule has 1 aromatic carbocycles. The van der Waals surface area contributed by atoms with Gasteiger partial charge in [-0.2, -0.15) is 0 Å². The molecule has 0 aromatic heterocycles. The number of hydrogen-bond donors (Lipinski definition) is 1. The summed E-state index contributed by atoms with van der Waals surface area (Å²) in [4.78, 5) is 40.8. The molecule has 1 aromatic rings. The van der Waals surface area contributed by atoms with Gasteiger partial charge < -0.3 is 14.7 Å². The number of nitrogens with zero attached hydrogens (tertiary/aromatic N) is 2. The molecule has 0 aliphatic carbocycles. The zero-order valence-corrected chi connectivity index (χ0v) is 16.6. The molecule has 0 spiro atoms. The summed E-state index contributed by atoms with van der Waals surface area (Å²) in [5.41, 5.74) is 0.695. The average Bonchev–Trinajstić information content (AvgIpc) is 2.96. The lowest BCUT2D eigenvalue weighted by Crippen LogP contribution is -2.49. The Bertz CT molecular complexity index is 793. The van der Waals surface area contributed by atoms with Crippen molar-refractivity contribution in [1.29, 1.82) is 0 Å². The van der Waals surface area contributed by atoms with Crippen molar-refractivity contribution < 1.29 is 24.2 Å². The SMILES string of the molecule is COc1ccccc1/C=C1/SC(=O)N(CC(=O)N2CCCCC2CCO)C1=O. The fourth-order valence-corrected chi connectivity index (χ4v) is 4.40. The van der Waals surface area contributed by atoms with E-state index in [1.54, 1.807) is 30.2 Å². The van der Waals surface area contributed by atoms with Crippen molar-refractivity contribution in [3.05, 3.63) is 34.7 Å². The van der Waals surface area contributed by atoms with Crippen LogP contribution >= 0.6 is 11.8 Å². The number of imide groups is 1. The number of carbonyl (C=O) groups excluding carboxylic acids is 3. The topological polar surface area (TPSA) is 87.2 Å². The van der Waals surface area contributed by atoms with Crippen molar-refractivity contribution in [2.75, 3.05) is 26.8 Å². The molecule has 7 nitrogen and oxygen atoms in total. The lowest BCUT2D eigenvalue weighted by atomic mass is 9.99. The number of amides is 3. The Hall–Kier alpha value is -2.32. The summed E-state index contributed by atoms with van der Waals surface area (Å²) >= 11 is 0.828. The van der Waals surface area contributed by atoms with Gasteiger partial charge in [0.1, 0.15) is 12.3 Å². The van der Waals surface area contributed by atoms with Crippen molar-refractivity contribution in [2.45, 2.75) is 31.7 Å². The third kappa shape index (κ3) is 4.39. The molecule has 2 heterocycles. The largest absolute Gasteiger partial charge is 0.496 e. The first-order valence-electron chi connectivity index (χ1n) is 9.34. The first-order valence-corrected chi connectivity index (χ1v) is 10.2. The minimum atomic E-state index is -0.468. The van der Waals surface area contributed by atoms with Crippen LogP contribution in [0.1, 0.15) is 31.2 Å². The van der Waals surface area contributed by atoms with Crippen LogP contribution in [0.5, 0.6) is 5.75 Å². The Kier molecular flexibility index (Phi) is 6.74. The van der Waals surface area contributed by atoms with E-state index in [2.05, 4.69) is 0 Å². The van der Waals surface area contributed by atoms with E-state index in [1.165, 1.54) is 0 Å². The van der Waals surface area contributed by atoms with Crippen LogP contribution in [-0.4, -0.2) is 64.8 Å². The maximum atomic E-state index is 12.7. The van der Waals surface area contributed by atoms with E-state index in [0.29, 0.717) is 24.3 Å². The van der Waals surface area contributed by atoms with E-state index >= 15 is 0 Å². The van der Waals surface area contributed by atoms with E-state index in [0.717, 1.165) is 35.9 Å². The highest BCUT2D eigenvalue weighted by atomic mass is 32.2. The number of benzene rings is 1. The van der Waals surface area contributed by atoms with Gasteiger partial charge in [-0.05, 0) is 49.6 Å². The van der Waals surface area contributed by atoms with Crippen molar-refractivity contribution >= 4 is 34.9 Å². The second-order valence-corrected chi connectivity index (χ2v) is 7.75. The fourth-order valence-electron chi connectivity index (χ4n) is 3.57. The summed E-state index contributed by atoms with van der Waals surface area (Å²) in [5, 5.41) is 8.78. The smallest absolute Gasteiger partial charge is 0.294 e. The second kappa shape index (κ2) is 9.25. The summed E-state index contributed by atoms with van der Waals surface area (Å²) in [6.07, 6.45) is 4.87. The van der Waals surface area contributed by atoms with Crippen LogP contribution in [0.3, 0.4) is 0 Å². The molecular weight excluding hydrogens is 380 g/mol. The molecule has 150 valence electrons. The third-order valence-corrected chi connectivity index (χ3v) is 5.91. The number of aliphatic hydroxyl groups is 1. The highest BCUT2D eigenvalue weighted by molar-refractivity contribution is 8.18. The maximum absolute atomic E-state index is 12.7. The third-order valence-electron chi connectivity index (χ3n) is 5.00. The predicted molar refractivity (Wildman–Crippen MR) is 107 cm³/mol. The highest BCUT2D eigenvalue weighted by Gasteiger charge is 2.38. The van der Waals surface area contributed by atoms with Gasteiger partial charge in [0, 0.05) is 24.8 Å². The number of likely N-dealkylation sites (tertiary alicyclic amines) is 1. The quantitative estimate of drug-likeness (QED) is 0.733. The molecule has 2 aliphatic rings. The molecular formula is C20H24N2O5S. The van der Waals surface area contributed by atoms with E-state index in [1.807, 2.05) is 12.1 Å². The maximum Gasteiger partial charge on any atom is 0.294 e. The first kappa shape index (κ1) is 20.4. The molecule has 1 N–H and O–H groups in total. The zero-order valence-electron chi connectivity index (χ0n) is 15.8. The molecule has 0 bridgehead atoms. The first-order chi connectivity index (χ1) is 13.5. The van der Waals surface area contributed by atoms with E-state index in [4.69, 9.17) is 4.74 Å². The Morgan fingerprint density at radius 3 is 2.86 bits per heavy atom. The number of rotatable bonds is 6. The monoisotopic (exact) mass is 404 g/mol. The Morgan fingerprint density at radius 2 is 2.11 bits per heavy atom. The van der Waals surface area contributed by atoms with Crippen LogP contribution in [0.15, 0.2) is 29.2 Å². The summed E-state index contributed by atoms with van der Waals surface area (Å²) in [6, 6.07) is 7.18. The standard InChI is InChI=1S/C20H24N2O5S/c1-27-16-8-3-2-6-14(16)12-17-19(25)22(20(26)28-17)13-18(24)21-10-5-4-7-15(21)9-11-23/h2-3,6,8,12,15,23H,4-5,7,9-11,13H2,1H3/b17-12+. The number of carbonyl (C=O) groups is 3. The number of para-hydroxylation sites is 1. The number of methoxy groups -OCH3 is 1. The molecule has 2 fully saturated rings. The average molecular weight is 404 g/mol. The van der Waals surface area contributed by atoms with E-state index < -0.39 is 11.1 Å². The van der Waals surface area contributed by atoms with Crippen LogP contribution in [0.4, 0.5) is 4.79 Å². The van der Waals surface area contributed by atoms with Gasteiger partial charge in [0.2, 0.25) is 5.91 Å². The highest BCUT2D eigenvalue weighted by Crippen LogP contribution is 2.34. The Balaban J connectivity index is 1.73. The molecule has 2 aliphatic heterocycles. The van der Waals surface area contributed by atoms with Gasteiger partial charge in [-0.1, -0.05) is 18.2 Å². The molecule has 3 rings (SSSR count). The molecule has 3 amide bonds. The summed E-state index contributed by atoms with van der Waals surface area (Å²) in [7, 11) is 1.54. The number of piperidine rings is 1. The van der Waals surface area contributed by atoms with Crippen LogP contribution in [0.25, 0.3) is 6.08 Å². The van der Waals surface area contributed by atoms with Gasteiger partial charge in [0.25, 0.3) is 11.1 Å². The van der Waals surface area contributed by atoms with Crippen LogP contribution in [0, 0.1) is 0 Å². The molecule has 28 heavy (non-hydrogen) atoms. The summed E-state index contributed by atoms with van der Waals surface area (Å²) < 4.78 is 5.28. The normalized spacial score (nSPS) is 21.5. The van der Waals surface area contributed by atoms with Gasteiger partial charge in [0.15, 0.2) is 0 Å². The van der Waals surface area contributed by atoms with Crippen LogP contribution in [0.2, 0.25) is 0 Å². The van der Waals surface area contributed by atoms with Gasteiger partial charge in [-0.25, -0.2) is 0 Å². The molecule has 0 saturated carbocycles. The van der Waals surface area contributed by atoms with Crippen molar-refractivity contribution in [1.82, 2.24) is 9.80 Å². The lowest BCUT2D eigenvalue weighted by Gasteiger charge is -2.36. The van der Waals surface area contributed by atoms with Gasteiger partial charge in [-0.15, -0.1) is 0 Å². The molecule has 0 radical (unpaired) electrons. The Morgan fingerprint density at radius 1 is 1.32 bits per heavy atom. The molecule has 1 unspecified atom stereocenters. The minimum Gasteiger partial charge on any atom is -0.496 e. The Labute approximate surface area is 168 Å². The molecule has 8 heteroatoms. The zero-order chi connectivity index (χ0) is 20.1. The number of aliphatic hydroxyl groups excluding tert-OH is 1. The van der Waals surface area contributed by atoms with Gasteiger partial charge in [-0.3, -0.25) is 19.3 Å². The van der Waals surface area contributed by atoms with E-state index in [-0.39, 0.29) is 30.0 Å². The van der Waals surface area contributed by atoms with Gasteiger partial charge in [0.05, 0.1) is 12.0 Å². The summed E-state index contributed by atoms with van der Waals surface area (Å²) in [6.45, 7) is 0.338. The van der Waals surface area contributed by atoms with Crippen LogP contribution in [-0.2, 0) is 9.59 Å². The van der Waals surface area contributed by atoms with Crippen molar-refractivity contribution in [3.8, 4) is 5.75 Å². The predicted octanol–water partition coefficient (Wildman–Crippen LogP) is 2.50. The van der Waals surface area contributed by atoms with Crippen molar-refractivity contribution in [2.24, 2.45) is 0 Å². The van der Waals surface area contributed by atoms with E-state index in [9.17, 15) is 19.5 Å². The summed E-state index contributed by atoms with van der Waals surface area (Å²) in [5.74, 6) is -0.116. The molecule has 2 saturated heterocycles. The van der Waals surface area contributed by atoms with Crippen LogP contribution < -0.4 is 4.74 Å². The second-order valence-electron chi connectivity index (χ2n) is 6.76. The number of hydrogen-bond acceptors (Lipinski definition) is 6.